The summed E-state index contributed by atoms with van der Waals surface area (Å²) in [6, 6.07) is 3.90. The molecule has 1 rings (SSSR count). The van der Waals surface area contributed by atoms with Crippen molar-refractivity contribution in [2.75, 3.05) is 0 Å². The highest BCUT2D eigenvalue weighted by molar-refractivity contribution is 5.78. The van der Waals surface area contributed by atoms with Gasteiger partial charge >= 0.3 is 0 Å². The van der Waals surface area contributed by atoms with Crippen LogP contribution in [0.4, 0.5) is 0 Å². The molecule has 0 amide bonds. The molecule has 48 valence electrons. The van der Waals surface area contributed by atoms with Gasteiger partial charge in [-0.25, -0.2) is 4.68 Å². The van der Waals surface area contributed by atoms with E-state index in [4.69, 9.17) is 0 Å². The molecule has 0 aliphatic carbocycles. The lowest BCUT2D eigenvalue weighted by molar-refractivity contribution is 0.884. The summed E-state index contributed by atoms with van der Waals surface area (Å²) in [5, 5.41) is 4.15. The highest BCUT2D eigenvalue weighted by Gasteiger charge is 1.79. The third-order valence-corrected chi connectivity index (χ3v) is 0.904. The van der Waals surface area contributed by atoms with Crippen molar-refractivity contribution >= 4 is 5.71 Å². The molecule has 2 heteroatoms. The Hall–Kier alpha value is -1.05. The fourth-order valence-electron chi connectivity index (χ4n) is 0.623. The number of nitrogens with zero attached hydrogens (tertiary/aromatic N) is 2. The summed E-state index contributed by atoms with van der Waals surface area (Å²) in [6.45, 7) is 3.94. The number of hydrogen-bond donors (Lipinski definition) is 0. The van der Waals surface area contributed by atoms with Crippen molar-refractivity contribution in [2.45, 2.75) is 13.8 Å². The summed E-state index contributed by atoms with van der Waals surface area (Å²) in [5.41, 5.74) is 1.06. The Balaban J connectivity index is 2.80. The van der Waals surface area contributed by atoms with Crippen LogP contribution >= 0.6 is 0 Å². The van der Waals surface area contributed by atoms with Crippen molar-refractivity contribution in [3.63, 3.8) is 0 Å². The van der Waals surface area contributed by atoms with Crippen LogP contribution in [0.1, 0.15) is 13.8 Å². The minimum absolute atomic E-state index is 1.06. The lowest BCUT2D eigenvalue weighted by atomic mass is 10.5. The second kappa shape index (κ2) is 2.49. The smallest absolute Gasteiger partial charge is 0.0327 e. The zero-order valence-corrected chi connectivity index (χ0v) is 5.70. The second-order valence-electron chi connectivity index (χ2n) is 2.11. The molecule has 0 spiro atoms. The van der Waals surface area contributed by atoms with Crippen LogP contribution < -0.4 is 0 Å². The van der Waals surface area contributed by atoms with Gasteiger partial charge in [0, 0.05) is 18.1 Å². The van der Waals surface area contributed by atoms with E-state index in [0.717, 1.165) is 5.71 Å². The molecular formula is C7H10N2. The Morgan fingerprint density at radius 3 is 2.22 bits per heavy atom. The minimum atomic E-state index is 1.06. The van der Waals surface area contributed by atoms with Crippen molar-refractivity contribution in [3.05, 3.63) is 24.5 Å². The van der Waals surface area contributed by atoms with Crippen LogP contribution in [0.5, 0.6) is 0 Å². The molecule has 0 saturated heterocycles. The summed E-state index contributed by atoms with van der Waals surface area (Å²) in [5.74, 6) is 0. The summed E-state index contributed by atoms with van der Waals surface area (Å²) in [4.78, 5) is 0. The molecule has 0 atom stereocenters. The molecular weight excluding hydrogens is 112 g/mol. The van der Waals surface area contributed by atoms with Gasteiger partial charge in [0.2, 0.25) is 0 Å². The molecule has 0 aromatic carbocycles. The van der Waals surface area contributed by atoms with Gasteiger partial charge in [0.1, 0.15) is 0 Å². The number of hydrogen-bond acceptors (Lipinski definition) is 1. The van der Waals surface area contributed by atoms with Crippen molar-refractivity contribution in [1.29, 1.82) is 0 Å². The predicted octanol–water partition coefficient (Wildman–Crippen LogP) is 1.73. The molecule has 9 heavy (non-hydrogen) atoms. The van der Waals surface area contributed by atoms with Crippen molar-refractivity contribution in [1.82, 2.24) is 4.68 Å². The van der Waals surface area contributed by atoms with Crippen LogP contribution in [-0.2, 0) is 0 Å². The highest BCUT2D eigenvalue weighted by Crippen LogP contribution is 1.88. The second-order valence-corrected chi connectivity index (χ2v) is 2.11. The normalized spacial score (nSPS) is 9.11. The first-order valence-corrected chi connectivity index (χ1v) is 2.94. The van der Waals surface area contributed by atoms with Crippen LogP contribution in [-0.4, -0.2) is 10.4 Å². The van der Waals surface area contributed by atoms with Crippen molar-refractivity contribution in [2.24, 2.45) is 5.10 Å². The molecule has 0 aliphatic rings. The molecule has 0 radical (unpaired) electrons. The molecule has 0 bridgehead atoms. The molecule has 1 aromatic rings. The van der Waals surface area contributed by atoms with Gasteiger partial charge in [-0.05, 0) is 26.0 Å². The molecule has 1 heterocycles. The van der Waals surface area contributed by atoms with Crippen molar-refractivity contribution in [3.8, 4) is 0 Å². The van der Waals surface area contributed by atoms with E-state index < -0.39 is 0 Å². The average Bonchev–Trinajstić information content (AvgIpc) is 2.15. The van der Waals surface area contributed by atoms with Crippen LogP contribution in [0.25, 0.3) is 0 Å². The number of aromatic nitrogens is 1. The van der Waals surface area contributed by atoms with E-state index >= 15 is 0 Å². The highest BCUT2D eigenvalue weighted by atomic mass is 15.3. The van der Waals surface area contributed by atoms with Crippen LogP contribution in [0.3, 0.4) is 0 Å². The van der Waals surface area contributed by atoms with Gasteiger partial charge in [-0.3, -0.25) is 0 Å². The van der Waals surface area contributed by atoms with Gasteiger partial charge in [0.05, 0.1) is 0 Å². The van der Waals surface area contributed by atoms with E-state index in [1.54, 1.807) is 4.68 Å². The quantitative estimate of drug-likeness (QED) is 0.505. The topological polar surface area (TPSA) is 17.3 Å². The van der Waals surface area contributed by atoms with Gasteiger partial charge in [0.25, 0.3) is 0 Å². The van der Waals surface area contributed by atoms with E-state index in [1.807, 2.05) is 38.4 Å². The van der Waals surface area contributed by atoms with Gasteiger partial charge in [0.15, 0.2) is 0 Å². The summed E-state index contributed by atoms with van der Waals surface area (Å²) in [7, 11) is 0. The van der Waals surface area contributed by atoms with Gasteiger partial charge < -0.3 is 0 Å². The first-order chi connectivity index (χ1) is 4.29. The minimum Gasteiger partial charge on any atom is -0.248 e. The van der Waals surface area contributed by atoms with Gasteiger partial charge in [-0.15, -0.1) is 0 Å². The van der Waals surface area contributed by atoms with Gasteiger partial charge in [-0.1, -0.05) is 0 Å². The van der Waals surface area contributed by atoms with E-state index in [-0.39, 0.29) is 0 Å². The van der Waals surface area contributed by atoms with E-state index in [9.17, 15) is 0 Å². The van der Waals surface area contributed by atoms with Crippen LogP contribution in [0, 0.1) is 0 Å². The Bertz CT molecular complexity index is 193. The standard InChI is InChI=1S/C7H10N2/c1-7(2)8-9-5-3-4-6-9/h3-6H,1-2H3. The summed E-state index contributed by atoms with van der Waals surface area (Å²) in [6.07, 6.45) is 3.82. The fraction of sp³-hybridized carbons (Fsp3) is 0.286. The molecule has 0 N–H and O–H groups in total. The maximum absolute atomic E-state index is 4.15. The average molecular weight is 122 g/mol. The summed E-state index contributed by atoms with van der Waals surface area (Å²) >= 11 is 0. The lowest BCUT2D eigenvalue weighted by Crippen LogP contribution is -1.87. The van der Waals surface area contributed by atoms with E-state index in [0.29, 0.717) is 0 Å². The molecule has 0 saturated carbocycles. The molecule has 0 unspecified atom stereocenters. The predicted molar refractivity (Wildman–Crippen MR) is 38.6 cm³/mol. The SMILES string of the molecule is CC(C)=Nn1cccc1. The van der Waals surface area contributed by atoms with E-state index in [2.05, 4.69) is 5.10 Å². The Morgan fingerprint density at radius 2 is 1.78 bits per heavy atom. The van der Waals surface area contributed by atoms with E-state index in [1.165, 1.54) is 0 Å². The first-order valence-electron chi connectivity index (χ1n) is 2.94. The van der Waals surface area contributed by atoms with Crippen LogP contribution in [0.2, 0.25) is 0 Å². The summed E-state index contributed by atoms with van der Waals surface area (Å²) < 4.78 is 1.79. The zero-order valence-electron chi connectivity index (χ0n) is 5.70. The number of rotatable bonds is 1. The largest absolute Gasteiger partial charge is 0.248 e. The molecule has 1 aromatic heterocycles. The van der Waals surface area contributed by atoms with Crippen LogP contribution in [0.15, 0.2) is 29.6 Å². The zero-order chi connectivity index (χ0) is 6.69. The van der Waals surface area contributed by atoms with Crippen molar-refractivity contribution < 1.29 is 0 Å². The fourth-order valence-corrected chi connectivity index (χ4v) is 0.623. The third-order valence-electron chi connectivity index (χ3n) is 0.904. The molecule has 0 fully saturated rings. The maximum Gasteiger partial charge on any atom is 0.0327 e. The Labute approximate surface area is 54.8 Å². The lowest BCUT2D eigenvalue weighted by Gasteiger charge is -1.90. The van der Waals surface area contributed by atoms with Gasteiger partial charge in [-0.2, -0.15) is 5.10 Å². The molecule has 0 aliphatic heterocycles. The first kappa shape index (κ1) is 6.08. The molecule has 2 nitrogen and oxygen atoms in total. The third kappa shape index (κ3) is 1.72. The maximum atomic E-state index is 4.15. The Morgan fingerprint density at radius 1 is 1.22 bits per heavy atom. The monoisotopic (exact) mass is 122 g/mol. The Kier molecular flexibility index (Phi) is 1.68.